The van der Waals surface area contributed by atoms with Crippen LogP contribution in [0, 0.1) is 18.8 Å². The second-order valence-electron chi connectivity index (χ2n) is 5.43. The summed E-state index contributed by atoms with van der Waals surface area (Å²) in [5.74, 6) is -0.758. The SMILES string of the molecule is Cc1cc(CN)cc(C[C@H](C(=O)O)[C@H]2CCNC2)c1.Cl.Cl. The van der Waals surface area contributed by atoms with Gasteiger partial charge in [0.2, 0.25) is 0 Å². The molecule has 2 rings (SSSR count). The Bertz CT molecular complexity index is 463. The Balaban J connectivity index is 0.00000200. The Kier molecular flexibility index (Phi) is 8.90. The number of nitrogens with one attached hydrogen (secondary N) is 1. The third-order valence-corrected chi connectivity index (χ3v) is 3.87. The lowest BCUT2D eigenvalue weighted by Gasteiger charge is -2.19. The Morgan fingerprint density at radius 3 is 2.57 bits per heavy atom. The molecular weight excluding hydrogens is 311 g/mol. The third kappa shape index (κ3) is 5.47. The third-order valence-electron chi connectivity index (χ3n) is 3.87. The zero-order chi connectivity index (χ0) is 13.8. The average molecular weight is 335 g/mol. The molecule has 1 aliphatic rings. The molecule has 0 saturated carbocycles. The normalized spacial score (nSPS) is 18.5. The molecule has 0 unspecified atom stereocenters. The molecule has 120 valence electrons. The lowest BCUT2D eigenvalue weighted by Crippen LogP contribution is -2.27. The minimum absolute atomic E-state index is 0. The molecule has 2 atom stereocenters. The summed E-state index contributed by atoms with van der Waals surface area (Å²) < 4.78 is 0. The fraction of sp³-hybridized carbons (Fsp3) is 0.533. The summed E-state index contributed by atoms with van der Waals surface area (Å²) in [6.07, 6.45) is 1.54. The molecule has 1 aromatic carbocycles. The zero-order valence-electron chi connectivity index (χ0n) is 12.2. The van der Waals surface area contributed by atoms with Gasteiger partial charge in [-0.15, -0.1) is 24.8 Å². The van der Waals surface area contributed by atoms with Crippen molar-refractivity contribution in [2.45, 2.75) is 26.3 Å². The van der Waals surface area contributed by atoms with Gasteiger partial charge in [0.25, 0.3) is 0 Å². The van der Waals surface area contributed by atoms with E-state index in [1.165, 1.54) is 0 Å². The first-order chi connectivity index (χ1) is 9.10. The highest BCUT2D eigenvalue weighted by atomic mass is 35.5. The molecule has 0 spiro atoms. The molecule has 1 heterocycles. The number of rotatable bonds is 5. The highest BCUT2D eigenvalue weighted by Crippen LogP contribution is 2.24. The van der Waals surface area contributed by atoms with E-state index in [1.807, 2.05) is 13.0 Å². The molecule has 4 nitrogen and oxygen atoms in total. The molecule has 21 heavy (non-hydrogen) atoms. The second kappa shape index (κ2) is 9.26. The number of nitrogens with two attached hydrogens (primary N) is 1. The minimum Gasteiger partial charge on any atom is -0.481 e. The molecule has 4 N–H and O–H groups in total. The van der Waals surface area contributed by atoms with Crippen molar-refractivity contribution in [3.05, 3.63) is 34.9 Å². The molecule has 1 aromatic rings. The summed E-state index contributed by atoms with van der Waals surface area (Å²) in [4.78, 5) is 11.5. The van der Waals surface area contributed by atoms with Crippen molar-refractivity contribution < 1.29 is 9.90 Å². The molecule has 0 aliphatic carbocycles. The number of aliphatic carboxylic acids is 1. The van der Waals surface area contributed by atoms with Gasteiger partial charge in [-0.25, -0.2) is 0 Å². The molecule has 6 heteroatoms. The molecular formula is C15H24Cl2N2O2. The van der Waals surface area contributed by atoms with E-state index < -0.39 is 5.97 Å². The molecule has 0 aromatic heterocycles. The summed E-state index contributed by atoms with van der Waals surface area (Å²) in [5, 5.41) is 12.7. The summed E-state index contributed by atoms with van der Waals surface area (Å²) in [7, 11) is 0. The van der Waals surface area contributed by atoms with Crippen LogP contribution in [0.1, 0.15) is 23.1 Å². The van der Waals surface area contributed by atoms with Crippen molar-refractivity contribution in [2.24, 2.45) is 17.6 Å². The quantitative estimate of drug-likeness (QED) is 0.771. The largest absolute Gasteiger partial charge is 0.481 e. The first-order valence-electron chi connectivity index (χ1n) is 6.83. The van der Waals surface area contributed by atoms with Crippen LogP contribution in [0.25, 0.3) is 0 Å². The van der Waals surface area contributed by atoms with E-state index in [2.05, 4.69) is 17.4 Å². The van der Waals surface area contributed by atoms with Crippen molar-refractivity contribution in [1.82, 2.24) is 5.32 Å². The van der Waals surface area contributed by atoms with Gasteiger partial charge in [-0.1, -0.05) is 23.8 Å². The summed E-state index contributed by atoms with van der Waals surface area (Å²) in [6.45, 7) is 4.26. The van der Waals surface area contributed by atoms with Crippen molar-refractivity contribution in [2.75, 3.05) is 13.1 Å². The van der Waals surface area contributed by atoms with E-state index in [-0.39, 0.29) is 36.6 Å². The average Bonchev–Trinajstić information content (AvgIpc) is 2.88. The number of aryl methyl sites for hydroxylation is 1. The summed E-state index contributed by atoms with van der Waals surface area (Å²) in [5.41, 5.74) is 8.98. The topological polar surface area (TPSA) is 75.4 Å². The number of carbonyl (C=O) groups is 1. The van der Waals surface area contributed by atoms with Crippen molar-refractivity contribution in [3.63, 3.8) is 0 Å². The van der Waals surface area contributed by atoms with Crippen LogP contribution in [0.5, 0.6) is 0 Å². The van der Waals surface area contributed by atoms with Gasteiger partial charge in [0.15, 0.2) is 0 Å². The molecule has 1 fully saturated rings. The van der Waals surface area contributed by atoms with E-state index in [4.69, 9.17) is 5.73 Å². The van der Waals surface area contributed by atoms with Crippen molar-refractivity contribution in [1.29, 1.82) is 0 Å². The van der Waals surface area contributed by atoms with E-state index in [0.29, 0.717) is 13.0 Å². The van der Waals surface area contributed by atoms with Gasteiger partial charge in [0.1, 0.15) is 0 Å². The van der Waals surface area contributed by atoms with E-state index >= 15 is 0 Å². The summed E-state index contributed by atoms with van der Waals surface area (Å²) >= 11 is 0. The maximum Gasteiger partial charge on any atom is 0.307 e. The molecule has 0 amide bonds. The van der Waals surface area contributed by atoms with Crippen molar-refractivity contribution >= 4 is 30.8 Å². The Morgan fingerprint density at radius 2 is 2.05 bits per heavy atom. The maximum atomic E-state index is 11.5. The van der Waals surface area contributed by atoms with Gasteiger partial charge >= 0.3 is 5.97 Å². The second-order valence-corrected chi connectivity index (χ2v) is 5.43. The van der Waals surface area contributed by atoms with Crippen LogP contribution in [-0.2, 0) is 17.8 Å². The van der Waals surface area contributed by atoms with Gasteiger partial charge in [-0.05, 0) is 49.9 Å². The minimum atomic E-state index is -0.690. The Hall–Kier alpha value is -0.810. The van der Waals surface area contributed by atoms with E-state index in [1.54, 1.807) is 0 Å². The van der Waals surface area contributed by atoms with Crippen LogP contribution < -0.4 is 11.1 Å². The fourth-order valence-corrected chi connectivity index (χ4v) is 2.91. The molecule has 1 saturated heterocycles. The van der Waals surface area contributed by atoms with Crippen molar-refractivity contribution in [3.8, 4) is 0 Å². The van der Waals surface area contributed by atoms with Gasteiger partial charge in [0.05, 0.1) is 5.92 Å². The van der Waals surface area contributed by atoms with Crippen LogP contribution in [0.4, 0.5) is 0 Å². The Labute approximate surface area is 138 Å². The lowest BCUT2D eigenvalue weighted by molar-refractivity contribution is -0.143. The van der Waals surface area contributed by atoms with Gasteiger partial charge in [-0.2, -0.15) is 0 Å². The summed E-state index contributed by atoms with van der Waals surface area (Å²) in [6, 6.07) is 6.15. The van der Waals surface area contributed by atoms with Gasteiger partial charge in [-0.3, -0.25) is 4.79 Å². The lowest BCUT2D eigenvalue weighted by atomic mass is 9.85. The molecule has 0 bridgehead atoms. The zero-order valence-corrected chi connectivity index (χ0v) is 13.8. The fourth-order valence-electron chi connectivity index (χ4n) is 2.91. The highest BCUT2D eigenvalue weighted by Gasteiger charge is 2.30. The number of hydrogen-bond acceptors (Lipinski definition) is 3. The number of carboxylic acid groups (broad SMARTS) is 1. The first kappa shape index (κ1) is 20.2. The number of benzene rings is 1. The van der Waals surface area contributed by atoms with Gasteiger partial charge < -0.3 is 16.2 Å². The number of halogens is 2. The monoisotopic (exact) mass is 334 g/mol. The standard InChI is InChI=1S/C15H22N2O2.2ClH/c1-10-4-11(6-12(5-10)8-16)7-14(15(18)19)13-2-3-17-9-13;;/h4-6,13-14,17H,2-3,7-9,16H2,1H3,(H,18,19);2*1H/t13-,14-;;/m0../s1. The number of carboxylic acids is 1. The van der Waals surface area contributed by atoms with E-state index in [9.17, 15) is 9.90 Å². The predicted molar refractivity (Wildman–Crippen MR) is 89.4 cm³/mol. The van der Waals surface area contributed by atoms with Crippen LogP contribution in [0.15, 0.2) is 18.2 Å². The molecule has 1 aliphatic heterocycles. The van der Waals surface area contributed by atoms with E-state index in [0.717, 1.165) is 36.2 Å². The smallest absolute Gasteiger partial charge is 0.307 e. The number of hydrogen-bond donors (Lipinski definition) is 3. The highest BCUT2D eigenvalue weighted by molar-refractivity contribution is 5.85. The van der Waals surface area contributed by atoms with Gasteiger partial charge in [0, 0.05) is 6.54 Å². The Morgan fingerprint density at radius 1 is 1.38 bits per heavy atom. The van der Waals surface area contributed by atoms with Crippen LogP contribution in [-0.4, -0.2) is 24.2 Å². The van der Waals surface area contributed by atoms with Crippen LogP contribution >= 0.6 is 24.8 Å². The predicted octanol–water partition coefficient (Wildman–Crippen LogP) is 2.15. The maximum absolute atomic E-state index is 11.5. The van der Waals surface area contributed by atoms with Crippen LogP contribution in [0.3, 0.4) is 0 Å². The van der Waals surface area contributed by atoms with Crippen LogP contribution in [0.2, 0.25) is 0 Å². The first-order valence-corrected chi connectivity index (χ1v) is 6.83. The molecule has 0 radical (unpaired) electrons.